The number of aliphatic hydroxyl groups is 6. The number of hydrogen-bond donors (Lipinski definition) is 9. The molecule has 0 aliphatic carbocycles. The Morgan fingerprint density at radius 2 is 1.93 bits per heavy atom. The zero-order chi connectivity index (χ0) is 32.8. The summed E-state index contributed by atoms with van der Waals surface area (Å²) < 4.78 is 63.6. The van der Waals surface area contributed by atoms with Crippen molar-refractivity contribution in [2.45, 2.75) is 60.5 Å². The van der Waals surface area contributed by atoms with E-state index in [4.69, 9.17) is 40.4 Å². The predicted octanol–water partition coefficient (Wildman–Crippen LogP) is -2.55. The number of aliphatic hydroxyl groups excluding tert-OH is 6. The number of fused-ring (bicyclic) bond motifs is 1. The fraction of sp³-hybridized carbons (Fsp3) is 0.619. The molecule has 0 spiro atoms. The standard InChI is InChI=1S/C21H28FN3O16P2S/c1-3-20(35-2)16(8-5-36-15-10(8)24-7-25-17(15)23)39-21(22,19(20)31)6-37-43(34,44)41-42(32,33)40-18-13(30)11(28)12(29)14(38-18)9(27)4-26/h1,5,7,9,11-14,16,18-19,26-31H,4,6H2,2H3,(H,32,33)(H,34,44)(H2,23,24,25)/t9-,11?,12?,13?,14?,16-,18?,19-,20-,21+,43?/m0/s1. The van der Waals surface area contributed by atoms with E-state index < -0.39 is 88.2 Å². The van der Waals surface area contributed by atoms with Gasteiger partial charge in [0.05, 0.1) is 12.9 Å². The lowest BCUT2D eigenvalue weighted by atomic mass is 9.87. The van der Waals surface area contributed by atoms with Gasteiger partial charge in [0.2, 0.25) is 0 Å². The smallest absolute Gasteiger partial charge is 0.458 e. The normalized spacial score (nSPS) is 37.7. The van der Waals surface area contributed by atoms with Gasteiger partial charge in [0, 0.05) is 12.7 Å². The van der Waals surface area contributed by atoms with Gasteiger partial charge in [-0.25, -0.2) is 23.2 Å². The van der Waals surface area contributed by atoms with Crippen molar-refractivity contribution in [2.75, 3.05) is 26.1 Å². The molecule has 4 heterocycles. The molecule has 0 amide bonds. The van der Waals surface area contributed by atoms with E-state index in [9.17, 15) is 39.9 Å². The molecule has 0 bridgehead atoms. The number of halogens is 1. The second-order valence-corrected chi connectivity index (χ2v) is 13.9. The first-order chi connectivity index (χ1) is 20.5. The number of anilines is 1. The molecule has 10 N–H and O–H groups in total. The number of terminal acetylenes is 1. The second-order valence-electron chi connectivity index (χ2n) is 9.54. The summed E-state index contributed by atoms with van der Waals surface area (Å²) >= 11 is 4.66. The first kappa shape index (κ1) is 35.1. The lowest BCUT2D eigenvalue weighted by Crippen LogP contribution is -2.61. The van der Waals surface area contributed by atoms with Gasteiger partial charge in [0.15, 0.2) is 29.4 Å². The van der Waals surface area contributed by atoms with Crippen LogP contribution in [0.15, 0.2) is 17.0 Å². The maximum atomic E-state index is 16.1. The van der Waals surface area contributed by atoms with E-state index >= 15 is 4.39 Å². The quantitative estimate of drug-likeness (QED) is 0.0865. The Morgan fingerprint density at radius 1 is 1.25 bits per heavy atom. The zero-order valence-electron chi connectivity index (χ0n) is 22.3. The van der Waals surface area contributed by atoms with Crippen LogP contribution in [0.1, 0.15) is 11.7 Å². The van der Waals surface area contributed by atoms with Gasteiger partial charge in [-0.1, -0.05) is 5.92 Å². The molecular weight excluding hydrogens is 663 g/mol. The number of phosphoric ester groups is 1. The highest BCUT2D eigenvalue weighted by Gasteiger charge is 2.66. The van der Waals surface area contributed by atoms with Gasteiger partial charge in [-0.15, -0.1) is 6.42 Å². The fourth-order valence-corrected chi connectivity index (χ4v) is 7.66. The van der Waals surface area contributed by atoms with Crippen LogP contribution < -0.4 is 5.73 Å². The van der Waals surface area contributed by atoms with Crippen LogP contribution in [-0.4, -0.2) is 125 Å². The number of aromatic nitrogens is 2. The van der Waals surface area contributed by atoms with Gasteiger partial charge in [0.25, 0.3) is 5.85 Å². The third-order valence-electron chi connectivity index (χ3n) is 6.81. The molecule has 246 valence electrons. The lowest BCUT2D eigenvalue weighted by molar-refractivity contribution is -0.292. The Hall–Kier alpha value is -1.77. The van der Waals surface area contributed by atoms with Crippen LogP contribution in [0.3, 0.4) is 0 Å². The summed E-state index contributed by atoms with van der Waals surface area (Å²) in [5.41, 5.74) is 3.49. The summed E-state index contributed by atoms with van der Waals surface area (Å²) in [4.78, 5) is 28.3. The molecule has 4 rings (SSSR count). The minimum absolute atomic E-state index is 0.0144. The van der Waals surface area contributed by atoms with Gasteiger partial charge < -0.3 is 69.3 Å². The Morgan fingerprint density at radius 3 is 2.55 bits per heavy atom. The molecule has 0 saturated carbocycles. The molecule has 23 heteroatoms. The summed E-state index contributed by atoms with van der Waals surface area (Å²) in [5.74, 6) is -1.29. The number of alkyl halides is 1. The number of rotatable bonds is 11. The van der Waals surface area contributed by atoms with Crippen LogP contribution in [0.25, 0.3) is 11.1 Å². The Kier molecular flexibility index (Phi) is 10.2. The second kappa shape index (κ2) is 12.8. The van der Waals surface area contributed by atoms with Crippen LogP contribution in [-0.2, 0) is 43.9 Å². The Balaban J connectivity index is 1.50. The van der Waals surface area contributed by atoms with Gasteiger partial charge in [0.1, 0.15) is 55.1 Å². The molecule has 0 radical (unpaired) electrons. The van der Waals surface area contributed by atoms with Crippen molar-refractivity contribution < 1.29 is 81.4 Å². The van der Waals surface area contributed by atoms with Crippen LogP contribution in [0.4, 0.5) is 10.2 Å². The maximum absolute atomic E-state index is 16.1. The third-order valence-corrected chi connectivity index (χ3v) is 10.3. The van der Waals surface area contributed by atoms with Crippen molar-refractivity contribution in [3.05, 3.63) is 18.2 Å². The third kappa shape index (κ3) is 6.42. The summed E-state index contributed by atoms with van der Waals surface area (Å²) in [6.45, 7) is -7.46. The van der Waals surface area contributed by atoms with Crippen molar-refractivity contribution in [1.82, 2.24) is 9.97 Å². The average molecular weight is 691 g/mol. The minimum Gasteiger partial charge on any atom is -0.458 e. The van der Waals surface area contributed by atoms with Gasteiger partial charge in [-0.05, 0) is 11.8 Å². The number of hydrogen-bond acceptors (Lipinski definition) is 18. The summed E-state index contributed by atoms with van der Waals surface area (Å²) in [5, 5.41) is 59.8. The molecule has 2 aliphatic rings. The largest absolute Gasteiger partial charge is 0.481 e. The van der Waals surface area contributed by atoms with E-state index in [1.807, 2.05) is 0 Å². The van der Waals surface area contributed by atoms with Crippen LogP contribution in [0.2, 0.25) is 0 Å². The topological polar surface area (TPSA) is 299 Å². The first-order valence-electron chi connectivity index (χ1n) is 12.2. The fourth-order valence-electron chi connectivity index (χ4n) is 4.58. The monoisotopic (exact) mass is 691 g/mol. The molecule has 44 heavy (non-hydrogen) atoms. The van der Waals surface area contributed by atoms with E-state index in [-0.39, 0.29) is 22.5 Å². The average Bonchev–Trinajstić information content (AvgIpc) is 3.49. The number of phosphoric acid groups is 1. The van der Waals surface area contributed by atoms with E-state index in [1.165, 1.54) is 0 Å². The number of nitrogens with zero attached hydrogens (tertiary/aromatic N) is 2. The molecule has 2 aromatic rings. The van der Waals surface area contributed by atoms with E-state index in [0.29, 0.717) is 0 Å². The summed E-state index contributed by atoms with van der Waals surface area (Å²) in [7, 11) is -4.58. The predicted molar refractivity (Wildman–Crippen MR) is 143 cm³/mol. The number of methoxy groups -OCH3 is 1. The van der Waals surface area contributed by atoms with E-state index in [1.54, 1.807) is 0 Å². The van der Waals surface area contributed by atoms with Crippen molar-refractivity contribution in [2.24, 2.45) is 0 Å². The number of nitrogen functional groups attached to an aromatic ring is 1. The van der Waals surface area contributed by atoms with Crippen molar-refractivity contribution in [1.29, 1.82) is 0 Å². The van der Waals surface area contributed by atoms with E-state index in [0.717, 1.165) is 19.7 Å². The Labute approximate surface area is 251 Å². The van der Waals surface area contributed by atoms with Crippen LogP contribution in [0.5, 0.6) is 0 Å². The number of ether oxygens (including phenoxy) is 3. The highest BCUT2D eigenvalue weighted by Crippen LogP contribution is 2.62. The van der Waals surface area contributed by atoms with Gasteiger partial charge in [-0.3, -0.25) is 4.52 Å². The maximum Gasteiger partial charge on any atom is 0.481 e. The zero-order valence-corrected chi connectivity index (χ0v) is 24.9. The molecule has 0 aromatic carbocycles. The number of furan rings is 1. The van der Waals surface area contributed by atoms with Crippen molar-refractivity contribution in [3.8, 4) is 12.3 Å². The highest BCUT2D eigenvalue weighted by atomic mass is 32.5. The molecule has 19 nitrogen and oxygen atoms in total. The summed E-state index contributed by atoms with van der Waals surface area (Å²) in [6.07, 6.45) is -8.50. The molecular formula is C21H28FN3O16P2S. The van der Waals surface area contributed by atoms with Gasteiger partial charge in [-0.2, -0.15) is 0 Å². The SMILES string of the molecule is C#C[C@]1(OC)[C@H](c2coc3c(N)ncnc23)O[C@](F)(COP(O)(=S)OP(=O)(O)OC2OC([C@@H](O)CO)C(O)C(O)C2O)[C@H]1O. The van der Waals surface area contributed by atoms with Crippen molar-refractivity contribution >= 4 is 43.3 Å². The molecule has 7 unspecified atom stereocenters. The van der Waals surface area contributed by atoms with E-state index in [2.05, 4.69) is 36.5 Å². The van der Waals surface area contributed by atoms with Gasteiger partial charge >= 0.3 is 14.5 Å². The van der Waals surface area contributed by atoms with Crippen molar-refractivity contribution in [3.63, 3.8) is 0 Å². The molecule has 2 aliphatic heterocycles. The highest BCUT2D eigenvalue weighted by molar-refractivity contribution is 8.08. The number of nitrogens with two attached hydrogens (primary N) is 1. The minimum atomic E-state index is -5.62. The summed E-state index contributed by atoms with van der Waals surface area (Å²) in [6, 6.07) is 0. The van der Waals surface area contributed by atoms with Crippen LogP contribution in [0, 0.1) is 12.3 Å². The Bertz CT molecular complexity index is 1500. The molecule has 2 fully saturated rings. The van der Waals surface area contributed by atoms with Crippen LogP contribution >= 0.6 is 14.5 Å². The first-order valence-corrected chi connectivity index (χ1v) is 16.3. The molecule has 12 atom stereocenters. The molecule has 2 saturated heterocycles. The molecule has 2 aromatic heterocycles. The lowest BCUT2D eigenvalue weighted by Gasteiger charge is -2.41.